The minimum absolute atomic E-state index is 0.00748. The van der Waals surface area contributed by atoms with Crippen LogP contribution in [-0.4, -0.2) is 102 Å². The van der Waals surface area contributed by atoms with Gasteiger partial charge in [-0.2, -0.15) is 5.26 Å². The van der Waals surface area contributed by atoms with E-state index in [0.717, 1.165) is 27.6 Å². The molecule has 4 aromatic rings. The fourth-order valence-electron chi connectivity index (χ4n) is 11.2. The van der Waals surface area contributed by atoms with Gasteiger partial charge in [0.25, 0.3) is 0 Å². The number of rotatable bonds is 4. The molecule has 0 aliphatic carbocycles. The molecule has 16 heteroatoms. The van der Waals surface area contributed by atoms with Gasteiger partial charge >= 0.3 is 17.9 Å². The molecule has 0 saturated carbocycles. The number of hydrogen-bond acceptors (Lipinski definition) is 15. The van der Waals surface area contributed by atoms with Gasteiger partial charge in [-0.25, -0.2) is 4.79 Å². The van der Waals surface area contributed by atoms with E-state index in [9.17, 15) is 20.0 Å². The van der Waals surface area contributed by atoms with Crippen LogP contribution in [0.25, 0.3) is 10.9 Å². The highest BCUT2D eigenvalue weighted by Gasteiger charge is 2.64. The number of phenols is 1. The van der Waals surface area contributed by atoms with Crippen molar-refractivity contribution < 1.29 is 47.9 Å². The van der Waals surface area contributed by atoms with E-state index in [1.165, 1.54) is 32.7 Å². The summed E-state index contributed by atoms with van der Waals surface area (Å²) in [5.74, 6) is 0.152. The summed E-state index contributed by atoms with van der Waals surface area (Å²) in [7, 11) is 3.49. The number of ether oxygens (including phenoxy) is 6. The number of aromatic amines is 1. The second kappa shape index (κ2) is 13.8. The number of aromatic hydroxyl groups is 1. The number of thioether (sulfide) groups is 1. The number of nitrogens with one attached hydrogen (secondary N) is 2. The highest BCUT2D eigenvalue weighted by atomic mass is 32.2. The number of methoxy groups -OCH3 is 1. The Morgan fingerprint density at radius 2 is 1.87 bits per heavy atom. The molecule has 4 bridgehead atoms. The number of aryl methyl sites for hydroxylation is 1. The van der Waals surface area contributed by atoms with E-state index in [2.05, 4.69) is 26.2 Å². The number of para-hydroxylation sites is 1. The molecule has 3 aromatic carbocycles. The number of piperazine rings is 1. The first kappa shape index (κ1) is 38.7. The van der Waals surface area contributed by atoms with Gasteiger partial charge in [-0.1, -0.05) is 24.3 Å². The Bertz CT molecular complexity index is 2590. The number of carbonyl (C=O) groups excluding carboxylic acids is 3. The van der Waals surface area contributed by atoms with Crippen LogP contribution < -0.4 is 24.3 Å². The fraction of sp³-hybridized carbons (Fsp3) is 0.455. The molecular formula is C44H45N5O10S. The van der Waals surface area contributed by atoms with Crippen LogP contribution in [0.5, 0.6) is 28.7 Å². The maximum Gasteiger partial charge on any atom is 0.333 e. The number of carbonyl (C=O) groups is 3. The van der Waals surface area contributed by atoms with Gasteiger partial charge in [0.1, 0.15) is 24.5 Å². The zero-order chi connectivity index (χ0) is 42.0. The van der Waals surface area contributed by atoms with Crippen molar-refractivity contribution >= 4 is 40.6 Å². The highest BCUT2D eigenvalue weighted by Crippen LogP contribution is 2.65. The van der Waals surface area contributed by atoms with Gasteiger partial charge in [0.05, 0.1) is 36.2 Å². The number of nitrogens with zero attached hydrogens (tertiary/aromatic N) is 3. The second-order valence-electron chi connectivity index (χ2n) is 16.8. The minimum atomic E-state index is -1.47. The van der Waals surface area contributed by atoms with Crippen molar-refractivity contribution in [1.29, 1.82) is 5.26 Å². The van der Waals surface area contributed by atoms with Gasteiger partial charge in [0, 0.05) is 77.8 Å². The molecule has 15 nitrogen and oxygen atoms in total. The zero-order valence-corrected chi connectivity index (χ0v) is 34.9. The quantitative estimate of drug-likeness (QED) is 0.190. The molecule has 2 saturated heterocycles. The number of H-pyrrole nitrogens is 1. The normalized spacial score (nSPS) is 29.7. The average Bonchev–Trinajstić information content (AvgIpc) is 3.80. The van der Waals surface area contributed by atoms with Crippen molar-refractivity contribution in [2.24, 2.45) is 0 Å². The Kier molecular flexibility index (Phi) is 8.89. The minimum Gasteiger partial charge on any atom is -0.504 e. The monoisotopic (exact) mass is 835 g/mol. The highest BCUT2D eigenvalue weighted by molar-refractivity contribution is 7.99. The van der Waals surface area contributed by atoms with Crippen LogP contribution in [0.1, 0.15) is 75.8 Å². The first-order chi connectivity index (χ1) is 28.8. The first-order valence-corrected chi connectivity index (χ1v) is 21.1. The molecule has 8 aliphatic heterocycles. The molecule has 4 unspecified atom stereocenters. The zero-order valence-electron chi connectivity index (χ0n) is 34.1. The van der Waals surface area contributed by atoms with E-state index >= 15 is 4.79 Å². The molecule has 0 amide bonds. The van der Waals surface area contributed by atoms with Gasteiger partial charge < -0.3 is 38.5 Å². The van der Waals surface area contributed by atoms with Gasteiger partial charge in [-0.15, -0.1) is 11.8 Å². The third kappa shape index (κ3) is 5.35. The Morgan fingerprint density at radius 3 is 2.62 bits per heavy atom. The maximum atomic E-state index is 15.3. The summed E-state index contributed by atoms with van der Waals surface area (Å²) in [6.07, 6.45) is 0.738. The largest absolute Gasteiger partial charge is 0.504 e. The lowest BCUT2D eigenvalue weighted by Gasteiger charge is -2.60. The third-order valence-corrected chi connectivity index (χ3v) is 14.8. The van der Waals surface area contributed by atoms with Crippen LogP contribution >= 0.6 is 11.8 Å². The first-order valence-electron chi connectivity index (χ1n) is 20.1. The lowest BCUT2D eigenvalue weighted by Crippen LogP contribution is -2.69. The molecule has 9 heterocycles. The van der Waals surface area contributed by atoms with Crippen molar-refractivity contribution in [2.45, 2.75) is 81.0 Å². The number of phenolic OH excluding ortho intramolecular Hbond substituents is 1. The molecule has 2 fully saturated rings. The number of hydrogen-bond donors (Lipinski definition) is 3. The third-order valence-electron chi connectivity index (χ3n) is 13.3. The topological polar surface area (TPSA) is 185 Å². The number of benzene rings is 3. The Labute approximate surface area is 350 Å². The van der Waals surface area contributed by atoms with Gasteiger partial charge in [-0.3, -0.25) is 24.7 Å². The van der Waals surface area contributed by atoms with E-state index < -0.39 is 58.4 Å². The van der Waals surface area contributed by atoms with Crippen LogP contribution in [0.3, 0.4) is 0 Å². The molecule has 60 heavy (non-hydrogen) atoms. The molecule has 1 aromatic heterocycles. The molecular weight excluding hydrogens is 791 g/mol. The fourth-order valence-corrected chi connectivity index (χ4v) is 12.8. The molecule has 0 radical (unpaired) electrons. The van der Waals surface area contributed by atoms with Crippen molar-refractivity contribution in [3.63, 3.8) is 0 Å². The summed E-state index contributed by atoms with van der Waals surface area (Å²) in [6, 6.07) is 10.2. The lowest BCUT2D eigenvalue weighted by molar-refractivity contribution is -0.159. The second-order valence-corrected chi connectivity index (χ2v) is 17.9. The van der Waals surface area contributed by atoms with E-state index in [4.69, 9.17) is 28.4 Å². The molecule has 1 spiro atoms. The van der Waals surface area contributed by atoms with E-state index in [1.807, 2.05) is 51.2 Å². The van der Waals surface area contributed by atoms with Crippen molar-refractivity contribution in [3.8, 4) is 34.8 Å². The average molecular weight is 836 g/mol. The van der Waals surface area contributed by atoms with Crippen molar-refractivity contribution in [1.82, 2.24) is 20.1 Å². The number of esters is 3. The Morgan fingerprint density at radius 1 is 1.08 bits per heavy atom. The number of nitriles is 1. The summed E-state index contributed by atoms with van der Waals surface area (Å²) < 4.78 is 36.5. The summed E-state index contributed by atoms with van der Waals surface area (Å²) in [5, 5.41) is 27.7. The van der Waals surface area contributed by atoms with E-state index in [1.54, 1.807) is 0 Å². The van der Waals surface area contributed by atoms with Crippen LogP contribution in [0.4, 0.5) is 0 Å². The summed E-state index contributed by atoms with van der Waals surface area (Å²) in [5.41, 5.74) is 3.85. The van der Waals surface area contributed by atoms with Crippen molar-refractivity contribution in [3.05, 3.63) is 75.0 Å². The van der Waals surface area contributed by atoms with Gasteiger partial charge in [0.15, 0.2) is 28.5 Å². The SMILES string of the molecule is COc1c(C)cc2c(c1O)C1[C@@H]3[C@@H]4SC[C@]5(N[C@H](COC(C)=O)Cc6c5[nH]c5ccccc65)C(=O)OCC(c5c6c(c(C)c(OC(C)=O)c54)OCO6)N3C(C#N)(C2)CN1C. The van der Waals surface area contributed by atoms with E-state index in [0.29, 0.717) is 63.9 Å². The number of fused-ring (bicyclic) bond motifs is 8. The summed E-state index contributed by atoms with van der Waals surface area (Å²) in [6.45, 7) is 6.46. The standard InChI is InChI=1S/C44H45N5O10S/c1-20-11-24-13-43(16-45)17-48(5)33(30(24)35(52)36(20)54-6)34-40-32-31(39-38(57-19-58-39)21(2)37(32)59-23(4)51)29(49(34)43)15-56-42(53)44(18-60-40)41-27(12-25(47-44)14-55-22(3)50)26-9-7-8-10-28(26)46-41/h7-11,25,29,33-34,40,46-47,52H,12-15,17-19H2,1-6H3/t25-,29?,33?,34+,40+,43?,44+/m0/s1. The summed E-state index contributed by atoms with van der Waals surface area (Å²) in [4.78, 5) is 48.4. The maximum absolute atomic E-state index is 15.3. The van der Waals surface area contributed by atoms with Crippen LogP contribution in [-0.2, 0) is 42.2 Å². The van der Waals surface area contributed by atoms with Gasteiger partial charge in [-0.05, 0) is 50.1 Å². The molecule has 8 aliphatic rings. The van der Waals surface area contributed by atoms with Crippen LogP contribution in [0.15, 0.2) is 30.3 Å². The molecule has 3 N–H and O–H groups in total. The molecule has 12 rings (SSSR count). The number of aromatic nitrogens is 1. The Hall–Kier alpha value is -5.47. The molecule has 8 atom stereocenters. The number of likely N-dealkylation sites (N-methyl/N-ethyl adjacent to an activating group) is 1. The predicted molar refractivity (Wildman–Crippen MR) is 217 cm³/mol. The molecule has 312 valence electrons. The predicted octanol–water partition coefficient (Wildman–Crippen LogP) is 4.69. The summed E-state index contributed by atoms with van der Waals surface area (Å²) >= 11 is 1.48. The lowest BCUT2D eigenvalue weighted by atomic mass is 9.76. The van der Waals surface area contributed by atoms with Crippen LogP contribution in [0, 0.1) is 25.2 Å². The Balaban J connectivity index is 1.25. The smallest absolute Gasteiger partial charge is 0.333 e. The van der Waals surface area contributed by atoms with Gasteiger partial charge in [0.2, 0.25) is 6.79 Å². The van der Waals surface area contributed by atoms with E-state index in [-0.39, 0.29) is 37.9 Å². The van der Waals surface area contributed by atoms with Crippen LogP contribution in [0.2, 0.25) is 0 Å². The van der Waals surface area contributed by atoms with Crippen molar-refractivity contribution in [2.75, 3.05) is 46.5 Å².